The molecule has 1 rings (SSSR count). The Bertz CT molecular complexity index is 491. The summed E-state index contributed by atoms with van der Waals surface area (Å²) in [6.07, 6.45) is 0. The number of nitro benzene ring substituents is 1. The van der Waals surface area contributed by atoms with E-state index in [0.717, 1.165) is 13.2 Å². The zero-order valence-electron chi connectivity index (χ0n) is 10.9. The molecule has 0 aliphatic carbocycles. The van der Waals surface area contributed by atoms with Crippen LogP contribution in [-0.2, 0) is 4.74 Å². The van der Waals surface area contributed by atoms with E-state index >= 15 is 0 Å². The summed E-state index contributed by atoms with van der Waals surface area (Å²) in [4.78, 5) is 21.6. The molecule has 104 valence electrons. The molecule has 7 heteroatoms. The Morgan fingerprint density at radius 1 is 1.47 bits per heavy atom. The van der Waals surface area contributed by atoms with Gasteiger partial charge in [0.1, 0.15) is 17.9 Å². The number of esters is 1. The lowest BCUT2D eigenvalue weighted by Gasteiger charge is -2.17. The number of rotatable bonds is 5. The van der Waals surface area contributed by atoms with Crippen LogP contribution in [0.25, 0.3) is 0 Å². The van der Waals surface area contributed by atoms with E-state index in [-0.39, 0.29) is 23.6 Å². The minimum atomic E-state index is -1.05. The van der Waals surface area contributed by atoms with Gasteiger partial charge < -0.3 is 14.6 Å². The normalized spacial score (nSPS) is 10.9. The molecule has 0 aliphatic heterocycles. The van der Waals surface area contributed by atoms with Gasteiger partial charge in [-0.05, 0) is 19.9 Å². The second kappa shape index (κ2) is 5.66. The van der Waals surface area contributed by atoms with Gasteiger partial charge in [0, 0.05) is 12.1 Å². The third-order valence-electron chi connectivity index (χ3n) is 2.16. The number of nitrogens with zero attached hydrogens (tertiary/aromatic N) is 1. The molecule has 0 amide bonds. The summed E-state index contributed by atoms with van der Waals surface area (Å²) in [6, 6.07) is 3.73. The summed E-state index contributed by atoms with van der Waals surface area (Å²) < 4.78 is 9.74. The van der Waals surface area contributed by atoms with Gasteiger partial charge in [-0.2, -0.15) is 0 Å². The molecule has 19 heavy (non-hydrogen) atoms. The zero-order chi connectivity index (χ0) is 14.6. The van der Waals surface area contributed by atoms with Crippen LogP contribution >= 0.6 is 0 Å². The molecule has 0 unspecified atom stereocenters. The molecule has 0 fully saturated rings. The first kappa shape index (κ1) is 14.9. The van der Waals surface area contributed by atoms with Crippen molar-refractivity contribution >= 4 is 11.7 Å². The summed E-state index contributed by atoms with van der Waals surface area (Å²) in [5, 5.41) is 20.3. The molecule has 1 aromatic carbocycles. The smallest absolute Gasteiger partial charge is 0.345 e. The average Bonchev–Trinajstić information content (AvgIpc) is 2.34. The molecule has 0 spiro atoms. The minimum absolute atomic E-state index is 0.00851. The lowest BCUT2D eigenvalue weighted by molar-refractivity contribution is -0.385. The van der Waals surface area contributed by atoms with Crippen molar-refractivity contribution in [2.24, 2.45) is 0 Å². The van der Waals surface area contributed by atoms with Crippen LogP contribution in [0.3, 0.4) is 0 Å². The van der Waals surface area contributed by atoms with Crippen molar-refractivity contribution in [3.8, 4) is 5.75 Å². The molecule has 0 atom stereocenters. The third kappa shape index (κ3) is 4.22. The Labute approximate surface area is 109 Å². The number of methoxy groups -OCH3 is 1. The highest BCUT2D eigenvalue weighted by molar-refractivity contribution is 5.94. The van der Waals surface area contributed by atoms with E-state index in [4.69, 9.17) is 4.74 Å². The van der Waals surface area contributed by atoms with Crippen molar-refractivity contribution in [3.05, 3.63) is 33.9 Å². The van der Waals surface area contributed by atoms with Gasteiger partial charge in [-0.1, -0.05) is 0 Å². The summed E-state index contributed by atoms with van der Waals surface area (Å²) in [5.74, 6) is -0.575. The maximum absolute atomic E-state index is 11.5. The number of hydrogen-bond acceptors (Lipinski definition) is 6. The van der Waals surface area contributed by atoms with E-state index in [9.17, 15) is 20.0 Å². The number of aliphatic hydroxyl groups is 1. The highest BCUT2D eigenvalue weighted by Crippen LogP contribution is 2.25. The van der Waals surface area contributed by atoms with Crippen molar-refractivity contribution < 1.29 is 24.3 Å². The largest absolute Gasteiger partial charge is 0.491 e. The lowest BCUT2D eigenvalue weighted by Crippen LogP contribution is -2.27. The summed E-state index contributed by atoms with van der Waals surface area (Å²) >= 11 is 0. The first-order chi connectivity index (χ1) is 8.74. The van der Waals surface area contributed by atoms with Gasteiger partial charge in [0.15, 0.2) is 0 Å². The summed E-state index contributed by atoms with van der Waals surface area (Å²) in [5.41, 5.74) is -1.60. The monoisotopic (exact) mass is 269 g/mol. The van der Waals surface area contributed by atoms with Crippen LogP contribution in [0.1, 0.15) is 24.2 Å². The van der Waals surface area contributed by atoms with E-state index < -0.39 is 16.5 Å². The quantitative estimate of drug-likeness (QED) is 0.494. The minimum Gasteiger partial charge on any atom is -0.491 e. The molecule has 0 saturated carbocycles. The van der Waals surface area contributed by atoms with Crippen molar-refractivity contribution in [1.82, 2.24) is 0 Å². The third-order valence-corrected chi connectivity index (χ3v) is 2.16. The number of benzene rings is 1. The van der Waals surface area contributed by atoms with Crippen molar-refractivity contribution in [2.75, 3.05) is 13.7 Å². The van der Waals surface area contributed by atoms with Crippen molar-refractivity contribution in [3.63, 3.8) is 0 Å². The number of nitro groups is 1. The molecule has 0 bridgehead atoms. The van der Waals surface area contributed by atoms with E-state index in [2.05, 4.69) is 4.74 Å². The van der Waals surface area contributed by atoms with Gasteiger partial charge in [-0.15, -0.1) is 0 Å². The molecule has 0 saturated heterocycles. The van der Waals surface area contributed by atoms with Crippen LogP contribution in [0.15, 0.2) is 18.2 Å². The Balaban J connectivity index is 3.05. The molecule has 7 nitrogen and oxygen atoms in total. The van der Waals surface area contributed by atoms with E-state index in [1.54, 1.807) is 13.8 Å². The van der Waals surface area contributed by atoms with Gasteiger partial charge in [0.2, 0.25) is 0 Å². The maximum atomic E-state index is 11.5. The van der Waals surface area contributed by atoms with Crippen molar-refractivity contribution in [2.45, 2.75) is 19.4 Å². The molecule has 0 radical (unpaired) electrons. The SMILES string of the molecule is COC(=O)c1cc(OCC(C)(C)O)ccc1[N+](=O)[O-]. The van der Waals surface area contributed by atoms with Crippen LogP contribution < -0.4 is 4.74 Å². The fourth-order valence-electron chi connectivity index (χ4n) is 1.30. The van der Waals surface area contributed by atoms with E-state index in [0.29, 0.717) is 0 Å². The first-order valence-corrected chi connectivity index (χ1v) is 5.46. The highest BCUT2D eigenvalue weighted by atomic mass is 16.6. The van der Waals surface area contributed by atoms with Gasteiger partial charge >= 0.3 is 5.97 Å². The number of carbonyl (C=O) groups is 1. The second-order valence-electron chi connectivity index (χ2n) is 4.53. The number of hydrogen-bond donors (Lipinski definition) is 1. The van der Waals surface area contributed by atoms with E-state index in [1.165, 1.54) is 12.1 Å². The van der Waals surface area contributed by atoms with Gasteiger partial charge in [0.25, 0.3) is 5.69 Å². The molecular formula is C12H15NO6. The van der Waals surface area contributed by atoms with Crippen LogP contribution in [0, 0.1) is 10.1 Å². The topological polar surface area (TPSA) is 98.9 Å². The highest BCUT2D eigenvalue weighted by Gasteiger charge is 2.22. The summed E-state index contributed by atoms with van der Waals surface area (Å²) in [6.45, 7) is 3.10. The average molecular weight is 269 g/mol. The van der Waals surface area contributed by atoms with Crippen LogP contribution in [0.5, 0.6) is 5.75 Å². The Hall–Kier alpha value is -2.15. The Kier molecular flexibility index (Phi) is 4.44. The standard InChI is InChI=1S/C12H15NO6/c1-12(2,15)7-19-8-4-5-10(13(16)17)9(6-8)11(14)18-3/h4-6,15H,7H2,1-3H3. The number of carbonyl (C=O) groups excluding carboxylic acids is 1. The predicted molar refractivity (Wildman–Crippen MR) is 66.2 cm³/mol. The Morgan fingerprint density at radius 3 is 2.58 bits per heavy atom. The zero-order valence-corrected chi connectivity index (χ0v) is 10.9. The molecule has 0 aromatic heterocycles. The molecular weight excluding hydrogens is 254 g/mol. The first-order valence-electron chi connectivity index (χ1n) is 5.46. The molecule has 1 aromatic rings. The fourth-order valence-corrected chi connectivity index (χ4v) is 1.30. The van der Waals surface area contributed by atoms with Crippen LogP contribution in [0.4, 0.5) is 5.69 Å². The van der Waals surface area contributed by atoms with Crippen molar-refractivity contribution in [1.29, 1.82) is 0 Å². The lowest BCUT2D eigenvalue weighted by atomic mass is 10.1. The van der Waals surface area contributed by atoms with Gasteiger partial charge in [-0.25, -0.2) is 4.79 Å². The van der Waals surface area contributed by atoms with Crippen LogP contribution in [-0.4, -0.2) is 35.3 Å². The van der Waals surface area contributed by atoms with Crippen LogP contribution in [0.2, 0.25) is 0 Å². The van der Waals surface area contributed by atoms with Gasteiger partial charge in [-0.3, -0.25) is 10.1 Å². The van der Waals surface area contributed by atoms with Gasteiger partial charge in [0.05, 0.1) is 17.6 Å². The fraction of sp³-hybridized carbons (Fsp3) is 0.417. The Morgan fingerprint density at radius 2 is 2.11 bits per heavy atom. The maximum Gasteiger partial charge on any atom is 0.345 e. The predicted octanol–water partition coefficient (Wildman–Crippen LogP) is 1.53. The molecule has 1 N–H and O–H groups in total. The second-order valence-corrected chi connectivity index (χ2v) is 4.53. The summed E-state index contributed by atoms with van der Waals surface area (Å²) in [7, 11) is 1.14. The molecule has 0 aliphatic rings. The van der Waals surface area contributed by atoms with E-state index in [1.807, 2.05) is 0 Å². The number of ether oxygens (including phenoxy) is 2. The molecule has 0 heterocycles.